The Kier molecular flexibility index (Phi) is 8.71. The van der Waals surface area contributed by atoms with Crippen molar-refractivity contribution >= 4 is 34.9 Å². The van der Waals surface area contributed by atoms with E-state index in [9.17, 15) is 19.2 Å². The Morgan fingerprint density at radius 1 is 0.659 bits per heavy atom. The maximum Gasteiger partial charge on any atom is 0.248 e. The summed E-state index contributed by atoms with van der Waals surface area (Å²) in [5.41, 5.74) is 3.07. The number of nitrogens with zero attached hydrogens (tertiary/aromatic N) is 1. The lowest BCUT2D eigenvalue weighted by Gasteiger charge is -2.26. The molecule has 4 aromatic carbocycles. The number of imide groups is 1. The van der Waals surface area contributed by atoms with Crippen LogP contribution in [0.25, 0.3) is 0 Å². The maximum atomic E-state index is 12.0. The Bertz CT molecular complexity index is 1690. The summed E-state index contributed by atoms with van der Waals surface area (Å²) in [5.74, 6) is 1.65. The van der Waals surface area contributed by atoms with Crippen molar-refractivity contribution in [2.75, 3.05) is 10.2 Å². The molecule has 0 bridgehead atoms. The maximum absolute atomic E-state index is 12.0. The number of carbonyl (C=O) groups excluding carboxylic acids is 4. The second-order valence-corrected chi connectivity index (χ2v) is 11.0. The zero-order valence-electron chi connectivity index (χ0n) is 24.7. The van der Waals surface area contributed by atoms with Gasteiger partial charge in [-0.2, -0.15) is 0 Å². The number of benzene rings is 4. The van der Waals surface area contributed by atoms with Gasteiger partial charge in [0.1, 0.15) is 23.0 Å². The first kappa shape index (κ1) is 30.0. The molecule has 1 aliphatic heterocycles. The molecule has 1 heterocycles. The fourth-order valence-electron chi connectivity index (χ4n) is 4.83. The number of rotatable bonds is 10. The van der Waals surface area contributed by atoms with E-state index in [1.807, 2.05) is 48.5 Å². The van der Waals surface area contributed by atoms with E-state index in [4.69, 9.17) is 9.47 Å². The highest BCUT2D eigenvalue weighted by Crippen LogP contribution is 2.35. The summed E-state index contributed by atoms with van der Waals surface area (Å²) >= 11 is 0. The molecule has 4 aromatic rings. The summed E-state index contributed by atoms with van der Waals surface area (Å²) in [4.78, 5) is 48.0. The van der Waals surface area contributed by atoms with E-state index < -0.39 is 0 Å². The van der Waals surface area contributed by atoms with Crippen molar-refractivity contribution < 1.29 is 28.7 Å². The van der Waals surface area contributed by atoms with Gasteiger partial charge >= 0.3 is 0 Å². The first-order valence-corrected chi connectivity index (χ1v) is 14.2. The lowest BCUT2D eigenvalue weighted by Crippen LogP contribution is -2.28. The fourth-order valence-corrected chi connectivity index (χ4v) is 4.83. The molecule has 0 aliphatic carbocycles. The van der Waals surface area contributed by atoms with E-state index in [2.05, 4.69) is 19.2 Å². The Morgan fingerprint density at radius 3 is 1.50 bits per heavy atom. The summed E-state index contributed by atoms with van der Waals surface area (Å²) in [6, 6.07) is 29.7. The lowest BCUT2D eigenvalue weighted by molar-refractivity contribution is -0.121. The average molecular weight is 589 g/mol. The third-order valence-electron chi connectivity index (χ3n) is 7.36. The molecule has 0 spiro atoms. The van der Waals surface area contributed by atoms with Gasteiger partial charge in [0.25, 0.3) is 0 Å². The smallest absolute Gasteiger partial charge is 0.248 e. The molecule has 3 amide bonds. The molecule has 0 radical (unpaired) electrons. The van der Waals surface area contributed by atoms with Crippen LogP contribution in [0.3, 0.4) is 0 Å². The Balaban J connectivity index is 1.18. The molecule has 1 N–H and O–H groups in total. The number of nitrogens with one attached hydrogen (secondary N) is 1. The topological polar surface area (TPSA) is 102 Å². The van der Waals surface area contributed by atoms with E-state index in [1.54, 1.807) is 48.5 Å². The van der Waals surface area contributed by atoms with E-state index in [1.165, 1.54) is 24.0 Å². The zero-order chi connectivity index (χ0) is 31.3. The quantitative estimate of drug-likeness (QED) is 0.154. The van der Waals surface area contributed by atoms with Gasteiger partial charge in [0.15, 0.2) is 5.78 Å². The van der Waals surface area contributed by atoms with Crippen LogP contribution in [0.2, 0.25) is 0 Å². The van der Waals surface area contributed by atoms with Gasteiger partial charge in [-0.25, -0.2) is 0 Å². The Hall–Kier alpha value is -5.50. The number of carbonyl (C=O) groups is 4. The molecular weight excluding hydrogens is 556 g/mol. The molecule has 1 fully saturated rings. The summed E-state index contributed by atoms with van der Waals surface area (Å²) < 4.78 is 12.0. The van der Waals surface area contributed by atoms with E-state index in [0.29, 0.717) is 34.4 Å². The van der Waals surface area contributed by atoms with Gasteiger partial charge in [0.2, 0.25) is 17.7 Å². The normalized spacial score (nSPS) is 13.3. The van der Waals surface area contributed by atoms with E-state index >= 15 is 0 Å². The Labute approximate surface area is 255 Å². The number of anilines is 2. The number of allylic oxidation sites excluding steroid dienone is 1. The number of amides is 3. The van der Waals surface area contributed by atoms with Crippen molar-refractivity contribution in [2.24, 2.45) is 0 Å². The van der Waals surface area contributed by atoms with Gasteiger partial charge < -0.3 is 14.8 Å². The average Bonchev–Trinajstić information content (AvgIpc) is 3.35. The zero-order valence-corrected chi connectivity index (χ0v) is 24.7. The summed E-state index contributed by atoms with van der Waals surface area (Å²) in [5, 5.41) is 2.69. The summed E-state index contributed by atoms with van der Waals surface area (Å²) in [6.45, 7) is 5.68. The van der Waals surface area contributed by atoms with Crippen LogP contribution in [0.5, 0.6) is 23.0 Å². The van der Waals surface area contributed by atoms with E-state index in [0.717, 1.165) is 11.1 Å². The molecule has 5 rings (SSSR count). The minimum atomic E-state index is -0.379. The third-order valence-corrected chi connectivity index (χ3v) is 7.36. The second-order valence-electron chi connectivity index (χ2n) is 11.0. The highest BCUT2D eigenvalue weighted by Gasteiger charge is 2.30. The number of hydrogen-bond donors (Lipinski definition) is 1. The minimum Gasteiger partial charge on any atom is -0.457 e. The van der Waals surface area contributed by atoms with Gasteiger partial charge in [-0.15, -0.1) is 0 Å². The van der Waals surface area contributed by atoms with Crippen LogP contribution in [-0.2, 0) is 24.6 Å². The standard InChI is InChI=1S/C36H32N2O6/c1-24(39)4-21-33(40)37-27-9-17-31(18-10-27)43-29-13-5-25(6-14-29)36(2,3)26-7-15-30(16-8-26)44-32-19-11-28(12-20-32)38-34(41)22-23-35(38)42/h4-21H,22-23H2,1-3H3,(H,37,40)/b21-4-. The van der Waals surface area contributed by atoms with Gasteiger partial charge in [-0.1, -0.05) is 38.1 Å². The van der Waals surface area contributed by atoms with Crippen molar-refractivity contribution in [1.82, 2.24) is 0 Å². The summed E-state index contributed by atoms with van der Waals surface area (Å²) in [7, 11) is 0. The highest BCUT2D eigenvalue weighted by molar-refractivity contribution is 6.19. The van der Waals surface area contributed by atoms with Crippen molar-refractivity contribution in [3.63, 3.8) is 0 Å². The highest BCUT2D eigenvalue weighted by atomic mass is 16.5. The molecule has 222 valence electrons. The molecular formula is C36H32N2O6. The molecule has 8 heteroatoms. The predicted molar refractivity (Wildman–Crippen MR) is 168 cm³/mol. The van der Waals surface area contributed by atoms with Crippen molar-refractivity contribution in [3.05, 3.63) is 120 Å². The number of hydrogen-bond acceptors (Lipinski definition) is 6. The van der Waals surface area contributed by atoms with Crippen LogP contribution in [0, 0.1) is 0 Å². The lowest BCUT2D eigenvalue weighted by atomic mass is 9.78. The molecule has 8 nitrogen and oxygen atoms in total. The first-order chi connectivity index (χ1) is 21.1. The second kappa shape index (κ2) is 12.8. The van der Waals surface area contributed by atoms with Crippen LogP contribution in [-0.4, -0.2) is 23.5 Å². The van der Waals surface area contributed by atoms with Gasteiger partial charge in [0, 0.05) is 30.0 Å². The van der Waals surface area contributed by atoms with Gasteiger partial charge in [-0.3, -0.25) is 24.1 Å². The van der Waals surface area contributed by atoms with Gasteiger partial charge in [0.05, 0.1) is 5.69 Å². The number of ketones is 1. The molecule has 1 aliphatic rings. The van der Waals surface area contributed by atoms with Crippen molar-refractivity contribution in [2.45, 2.75) is 39.0 Å². The van der Waals surface area contributed by atoms with E-state index in [-0.39, 0.29) is 41.8 Å². The molecule has 0 aromatic heterocycles. The first-order valence-electron chi connectivity index (χ1n) is 14.2. The third kappa shape index (κ3) is 7.10. The Morgan fingerprint density at radius 2 is 1.07 bits per heavy atom. The van der Waals surface area contributed by atoms with Gasteiger partial charge in [-0.05, 0) is 96.9 Å². The predicted octanol–water partition coefficient (Wildman–Crippen LogP) is 7.33. The van der Waals surface area contributed by atoms with Crippen LogP contribution >= 0.6 is 0 Å². The minimum absolute atomic E-state index is 0.181. The van der Waals surface area contributed by atoms with Crippen LogP contribution < -0.4 is 19.7 Å². The SMILES string of the molecule is CC(=O)/C=C\C(=O)Nc1ccc(Oc2ccc(C(C)(C)c3ccc(Oc4ccc(N5C(=O)CCC5=O)cc4)cc3)cc2)cc1. The van der Waals surface area contributed by atoms with Crippen molar-refractivity contribution in [3.8, 4) is 23.0 Å². The molecule has 0 atom stereocenters. The molecule has 44 heavy (non-hydrogen) atoms. The van der Waals surface area contributed by atoms with Crippen LogP contribution in [0.15, 0.2) is 109 Å². The largest absolute Gasteiger partial charge is 0.457 e. The summed E-state index contributed by atoms with van der Waals surface area (Å²) in [6.07, 6.45) is 2.92. The monoisotopic (exact) mass is 588 g/mol. The van der Waals surface area contributed by atoms with Crippen molar-refractivity contribution in [1.29, 1.82) is 0 Å². The van der Waals surface area contributed by atoms with Crippen LogP contribution in [0.1, 0.15) is 44.7 Å². The fraction of sp³-hybridized carbons (Fsp3) is 0.167. The molecule has 0 saturated carbocycles. The molecule has 0 unspecified atom stereocenters. The number of ether oxygens (including phenoxy) is 2. The molecule has 1 saturated heterocycles. The van der Waals surface area contributed by atoms with Crippen LogP contribution in [0.4, 0.5) is 11.4 Å².